The average molecular weight is 262 g/mol. The number of rotatable bonds is 9. The van der Waals surface area contributed by atoms with Gasteiger partial charge in [-0.3, -0.25) is 0 Å². The van der Waals surface area contributed by atoms with Crippen LogP contribution >= 0.6 is 0 Å². The Bertz CT molecular complexity index is 201. The number of hydrogen-bond acceptors (Lipinski definition) is 3. The van der Waals surface area contributed by atoms with E-state index in [1.54, 1.807) is 14.2 Å². The number of unbranched alkanes of at least 4 members (excludes halogenated alkanes) is 2. The zero-order valence-electron chi connectivity index (χ0n) is 12.6. The van der Waals surface area contributed by atoms with E-state index in [9.17, 15) is 0 Å². The Hall–Kier alpha value is 0.0969. The first-order valence-electron chi connectivity index (χ1n) is 6.62. The fourth-order valence-electron chi connectivity index (χ4n) is 1.83. The normalized spacial score (nSPS) is 13.4. The Kier molecular flexibility index (Phi) is 7.56. The van der Waals surface area contributed by atoms with Gasteiger partial charge in [-0.25, -0.2) is 0 Å². The molecule has 0 unspecified atom stereocenters. The third-order valence-electron chi connectivity index (χ3n) is 3.81. The van der Waals surface area contributed by atoms with Crippen molar-refractivity contribution in [2.75, 3.05) is 20.8 Å². The summed E-state index contributed by atoms with van der Waals surface area (Å²) >= 11 is 0. The lowest BCUT2D eigenvalue weighted by Crippen LogP contribution is -2.55. The van der Waals surface area contributed by atoms with Crippen molar-refractivity contribution < 1.29 is 13.3 Å². The molecule has 0 rings (SSSR count). The van der Waals surface area contributed by atoms with E-state index in [0.717, 1.165) is 13.0 Å². The topological polar surface area (TPSA) is 27.7 Å². The molecule has 0 aromatic carbocycles. The molecule has 0 aliphatic rings. The molecule has 0 N–H and O–H groups in total. The highest BCUT2D eigenvalue weighted by Gasteiger charge is 2.55. The first kappa shape index (κ1) is 17.1. The van der Waals surface area contributed by atoms with Gasteiger partial charge >= 0.3 is 8.80 Å². The molecular formula is C13H30O3Si. The molecule has 0 saturated carbocycles. The van der Waals surface area contributed by atoms with Crippen LogP contribution in [0.15, 0.2) is 0 Å². The van der Waals surface area contributed by atoms with Gasteiger partial charge in [0.25, 0.3) is 0 Å². The zero-order chi connectivity index (χ0) is 13.5. The summed E-state index contributed by atoms with van der Waals surface area (Å²) in [6.45, 7) is 11.7. The zero-order valence-corrected chi connectivity index (χ0v) is 13.6. The third-order valence-corrected chi connectivity index (χ3v) is 7.62. The molecule has 0 aliphatic carbocycles. The van der Waals surface area contributed by atoms with Crippen LogP contribution in [0.5, 0.6) is 0 Å². The lowest BCUT2D eigenvalue weighted by atomic mass is 9.99. The summed E-state index contributed by atoms with van der Waals surface area (Å²) in [7, 11) is 0.832. The molecule has 0 atom stereocenters. The minimum absolute atomic E-state index is 0.0668. The lowest BCUT2D eigenvalue weighted by molar-refractivity contribution is 0.0622. The summed E-state index contributed by atoms with van der Waals surface area (Å²) in [5.41, 5.74) is 0. The van der Waals surface area contributed by atoms with Crippen LogP contribution in [0.3, 0.4) is 0 Å². The van der Waals surface area contributed by atoms with Gasteiger partial charge in [-0.1, -0.05) is 47.5 Å². The Morgan fingerprint density at radius 2 is 1.59 bits per heavy atom. The largest absolute Gasteiger partial charge is 0.506 e. The molecule has 0 bridgehead atoms. The van der Waals surface area contributed by atoms with E-state index in [1.165, 1.54) is 12.8 Å². The van der Waals surface area contributed by atoms with Gasteiger partial charge in [0.05, 0.1) is 0 Å². The van der Waals surface area contributed by atoms with E-state index < -0.39 is 8.80 Å². The monoisotopic (exact) mass is 262 g/mol. The van der Waals surface area contributed by atoms with Crippen molar-refractivity contribution in [3.05, 3.63) is 0 Å². The average Bonchev–Trinajstić information content (AvgIpc) is 2.29. The molecule has 4 heteroatoms. The molecule has 0 aromatic heterocycles. The van der Waals surface area contributed by atoms with Gasteiger partial charge in [0, 0.05) is 25.9 Å². The minimum Gasteiger partial charge on any atom is -0.377 e. The predicted octanol–water partition coefficient (Wildman–Crippen LogP) is 3.86. The van der Waals surface area contributed by atoms with Crippen molar-refractivity contribution in [1.29, 1.82) is 0 Å². The van der Waals surface area contributed by atoms with Gasteiger partial charge in [0.2, 0.25) is 0 Å². The standard InChI is InChI=1S/C13H30O3Si/c1-8-9-10-11-16-17(14-6,15-7)13(4,5)12(2)3/h12H,8-11H2,1-7H3. The molecular weight excluding hydrogens is 232 g/mol. The molecule has 0 amide bonds. The van der Waals surface area contributed by atoms with Crippen LogP contribution in [0, 0.1) is 5.92 Å². The van der Waals surface area contributed by atoms with Crippen molar-refractivity contribution in [2.45, 2.75) is 58.9 Å². The SMILES string of the molecule is CCCCCO[Si](OC)(OC)C(C)(C)C(C)C. The highest BCUT2D eigenvalue weighted by Crippen LogP contribution is 2.45. The van der Waals surface area contributed by atoms with E-state index in [2.05, 4.69) is 34.6 Å². The van der Waals surface area contributed by atoms with Gasteiger partial charge in [0.15, 0.2) is 0 Å². The first-order valence-corrected chi connectivity index (χ1v) is 8.34. The van der Waals surface area contributed by atoms with E-state index in [4.69, 9.17) is 13.3 Å². The molecule has 0 aliphatic heterocycles. The van der Waals surface area contributed by atoms with Crippen molar-refractivity contribution in [1.82, 2.24) is 0 Å². The minimum atomic E-state index is -2.58. The fourth-order valence-corrected chi connectivity index (χ4v) is 4.77. The van der Waals surface area contributed by atoms with E-state index in [0.29, 0.717) is 5.92 Å². The Labute approximate surface area is 108 Å². The first-order chi connectivity index (χ1) is 7.88. The molecule has 104 valence electrons. The fraction of sp³-hybridized carbons (Fsp3) is 1.00. The van der Waals surface area contributed by atoms with Crippen molar-refractivity contribution >= 4 is 8.80 Å². The molecule has 17 heavy (non-hydrogen) atoms. The Morgan fingerprint density at radius 3 is 1.94 bits per heavy atom. The number of hydrogen-bond donors (Lipinski definition) is 0. The van der Waals surface area contributed by atoms with E-state index in [1.807, 2.05) is 0 Å². The van der Waals surface area contributed by atoms with Crippen LogP contribution in [-0.2, 0) is 13.3 Å². The van der Waals surface area contributed by atoms with Crippen LogP contribution in [0.2, 0.25) is 5.04 Å². The Morgan fingerprint density at radius 1 is 1.06 bits per heavy atom. The van der Waals surface area contributed by atoms with Crippen molar-refractivity contribution in [2.24, 2.45) is 5.92 Å². The van der Waals surface area contributed by atoms with Gasteiger partial charge in [-0.15, -0.1) is 0 Å². The molecule has 0 spiro atoms. The summed E-state index contributed by atoms with van der Waals surface area (Å²) in [4.78, 5) is 0. The summed E-state index contributed by atoms with van der Waals surface area (Å²) in [6.07, 6.45) is 3.47. The van der Waals surface area contributed by atoms with Crippen LogP contribution in [-0.4, -0.2) is 29.6 Å². The highest BCUT2D eigenvalue weighted by atomic mass is 28.4. The third kappa shape index (κ3) is 4.05. The van der Waals surface area contributed by atoms with Gasteiger partial charge in [0.1, 0.15) is 0 Å². The van der Waals surface area contributed by atoms with Gasteiger partial charge < -0.3 is 13.3 Å². The van der Waals surface area contributed by atoms with Crippen molar-refractivity contribution in [3.63, 3.8) is 0 Å². The van der Waals surface area contributed by atoms with Crippen LogP contribution in [0.1, 0.15) is 53.9 Å². The summed E-state index contributed by atoms with van der Waals surface area (Å²) in [5.74, 6) is 0.459. The van der Waals surface area contributed by atoms with Crippen molar-refractivity contribution in [3.8, 4) is 0 Å². The van der Waals surface area contributed by atoms with Crippen LogP contribution < -0.4 is 0 Å². The van der Waals surface area contributed by atoms with Gasteiger partial charge in [-0.05, 0) is 12.3 Å². The van der Waals surface area contributed by atoms with E-state index >= 15 is 0 Å². The quantitative estimate of drug-likeness (QED) is 0.466. The molecule has 0 aromatic rings. The van der Waals surface area contributed by atoms with Crippen LogP contribution in [0.4, 0.5) is 0 Å². The molecule has 0 heterocycles. The predicted molar refractivity (Wildman–Crippen MR) is 74.1 cm³/mol. The van der Waals surface area contributed by atoms with E-state index in [-0.39, 0.29) is 5.04 Å². The maximum Gasteiger partial charge on any atom is 0.506 e. The maximum atomic E-state index is 6.05. The smallest absolute Gasteiger partial charge is 0.377 e. The second-order valence-electron chi connectivity index (χ2n) is 5.40. The molecule has 0 radical (unpaired) electrons. The highest BCUT2D eigenvalue weighted by molar-refractivity contribution is 6.64. The maximum absolute atomic E-state index is 6.05. The summed E-state index contributed by atoms with van der Waals surface area (Å²) < 4.78 is 17.4. The second-order valence-corrected chi connectivity index (χ2v) is 8.90. The summed E-state index contributed by atoms with van der Waals surface area (Å²) in [6, 6.07) is 0. The molecule has 0 fully saturated rings. The second kappa shape index (κ2) is 7.51. The lowest BCUT2D eigenvalue weighted by Gasteiger charge is -2.42. The molecule has 0 saturated heterocycles. The summed E-state index contributed by atoms with van der Waals surface area (Å²) in [5, 5.41) is -0.0668. The van der Waals surface area contributed by atoms with Crippen LogP contribution in [0.25, 0.3) is 0 Å². The Balaban J connectivity index is 4.66. The van der Waals surface area contributed by atoms with Gasteiger partial charge in [-0.2, -0.15) is 0 Å². The molecule has 3 nitrogen and oxygen atoms in total.